The summed E-state index contributed by atoms with van der Waals surface area (Å²) in [7, 11) is 0. The molecule has 74 valence electrons. The van der Waals surface area contributed by atoms with Gasteiger partial charge in [0.25, 0.3) is 0 Å². The van der Waals surface area contributed by atoms with Gasteiger partial charge in [-0.3, -0.25) is 0 Å². The molecule has 1 aliphatic rings. The van der Waals surface area contributed by atoms with Gasteiger partial charge in [0.05, 0.1) is 0 Å². The fraction of sp³-hybridized carbons (Fsp3) is 0.667. The molecule has 0 unspecified atom stereocenters. The second-order valence-corrected chi connectivity index (χ2v) is 3.86. The van der Waals surface area contributed by atoms with Crippen molar-refractivity contribution in [2.75, 3.05) is 0 Å². The molecule has 1 aliphatic carbocycles. The number of aromatic nitrogens is 3. The predicted octanol–water partition coefficient (Wildman–Crippen LogP) is 1.18. The molecule has 0 radical (unpaired) electrons. The van der Waals surface area contributed by atoms with Gasteiger partial charge in [-0.1, -0.05) is 0 Å². The molecule has 0 saturated heterocycles. The topological polar surface area (TPSA) is 60.1 Å². The van der Waals surface area contributed by atoms with Gasteiger partial charge in [0.1, 0.15) is 11.9 Å². The van der Waals surface area contributed by atoms with Crippen molar-refractivity contribution in [3.63, 3.8) is 0 Å². The van der Waals surface area contributed by atoms with Crippen LogP contribution >= 0.6 is 0 Å². The summed E-state index contributed by atoms with van der Waals surface area (Å²) in [6.07, 6.45) is 4.87. The molecule has 0 N–H and O–H groups in total. The van der Waals surface area contributed by atoms with Gasteiger partial charge in [0, 0.05) is 6.04 Å². The zero-order chi connectivity index (χ0) is 10.2. The average molecular weight is 192 g/mol. The molecule has 1 aromatic heterocycles. The molecule has 0 atom stereocenters. The Morgan fingerprint density at radius 1 is 1.64 bits per heavy atom. The van der Waals surface area contributed by atoms with E-state index in [0.29, 0.717) is 0 Å². The molecular weight excluding hydrogens is 180 g/mol. The Balaban J connectivity index is 2.41. The highest BCUT2D eigenvalue weighted by molar-refractivity contribution is 5.38. The van der Waals surface area contributed by atoms with Crippen molar-refractivity contribution in [3.05, 3.63) is 12.2 Å². The van der Waals surface area contributed by atoms with Crippen molar-refractivity contribution in [2.45, 2.75) is 38.3 Å². The zero-order valence-corrected chi connectivity index (χ0v) is 8.27. The fourth-order valence-corrected chi connectivity index (χ4v) is 1.55. The third-order valence-electron chi connectivity index (χ3n) is 2.46. The van der Waals surface area contributed by atoms with Crippen LogP contribution < -0.4 is 0 Å². The van der Waals surface area contributed by atoms with E-state index < -0.39 is 5.54 Å². The average Bonchev–Trinajstić information content (AvgIpc) is 2.76. The van der Waals surface area contributed by atoms with Gasteiger partial charge in [-0.15, -0.1) is 0 Å². The molecule has 5 heteroatoms. The van der Waals surface area contributed by atoms with Crippen LogP contribution in [-0.2, 0) is 10.3 Å². The van der Waals surface area contributed by atoms with Crippen LogP contribution in [0.5, 0.6) is 0 Å². The van der Waals surface area contributed by atoms with Crippen LogP contribution in [0.2, 0.25) is 0 Å². The van der Waals surface area contributed by atoms with E-state index in [1.807, 2.05) is 18.5 Å². The predicted molar refractivity (Wildman–Crippen MR) is 49.4 cm³/mol. The monoisotopic (exact) mass is 192 g/mol. The minimum Gasteiger partial charge on any atom is -0.245 e. The molecule has 1 saturated carbocycles. The van der Waals surface area contributed by atoms with Crippen LogP contribution in [0.25, 0.3) is 0 Å². The Kier molecular flexibility index (Phi) is 1.97. The molecule has 0 amide bonds. The van der Waals surface area contributed by atoms with Crippen molar-refractivity contribution in [3.8, 4) is 0 Å². The standard InChI is InChI=1S/C9H12N4O/c1-7(2)13-8(10-5-12-13)9(3-4-9)11-6-14/h5,7H,3-4H2,1-2H3. The molecule has 0 spiro atoms. The van der Waals surface area contributed by atoms with Crippen LogP contribution in [0.1, 0.15) is 38.6 Å². The lowest BCUT2D eigenvalue weighted by molar-refractivity contribution is 0.472. The van der Waals surface area contributed by atoms with Gasteiger partial charge in [0.2, 0.25) is 6.08 Å². The number of hydrogen-bond donors (Lipinski definition) is 0. The Bertz CT molecular complexity index is 385. The molecule has 14 heavy (non-hydrogen) atoms. The second-order valence-electron chi connectivity index (χ2n) is 3.86. The largest absolute Gasteiger partial charge is 0.245 e. The van der Waals surface area contributed by atoms with Crippen LogP contribution in [0.3, 0.4) is 0 Å². The summed E-state index contributed by atoms with van der Waals surface area (Å²) in [5.41, 5.74) is -0.414. The maximum atomic E-state index is 10.3. The van der Waals surface area contributed by atoms with E-state index in [1.54, 1.807) is 6.08 Å². The minimum absolute atomic E-state index is 0.242. The van der Waals surface area contributed by atoms with Crippen LogP contribution in [0.15, 0.2) is 11.3 Å². The number of carbonyl (C=O) groups excluding carboxylic acids is 1. The highest BCUT2D eigenvalue weighted by Gasteiger charge is 2.49. The van der Waals surface area contributed by atoms with Crippen molar-refractivity contribution in [2.24, 2.45) is 4.99 Å². The first-order valence-electron chi connectivity index (χ1n) is 4.68. The first-order chi connectivity index (χ1) is 6.69. The Hall–Kier alpha value is -1.48. The van der Waals surface area contributed by atoms with E-state index in [2.05, 4.69) is 15.1 Å². The van der Waals surface area contributed by atoms with Gasteiger partial charge in [-0.2, -0.15) is 10.1 Å². The summed E-state index contributed by atoms with van der Waals surface area (Å²) in [6, 6.07) is 0.242. The van der Waals surface area contributed by atoms with Gasteiger partial charge in [-0.25, -0.2) is 14.5 Å². The van der Waals surface area contributed by atoms with E-state index in [0.717, 1.165) is 18.7 Å². The third kappa shape index (κ3) is 1.26. The van der Waals surface area contributed by atoms with Crippen molar-refractivity contribution < 1.29 is 4.79 Å². The molecule has 0 bridgehead atoms. The second kappa shape index (κ2) is 3.03. The Morgan fingerprint density at radius 3 is 2.86 bits per heavy atom. The van der Waals surface area contributed by atoms with Crippen molar-refractivity contribution in [1.29, 1.82) is 0 Å². The lowest BCUT2D eigenvalue weighted by atomic mass is 10.2. The molecule has 5 nitrogen and oxygen atoms in total. The molecule has 0 aromatic carbocycles. The van der Waals surface area contributed by atoms with E-state index >= 15 is 0 Å². The van der Waals surface area contributed by atoms with Gasteiger partial charge < -0.3 is 0 Å². The summed E-state index contributed by atoms with van der Waals surface area (Å²) in [5, 5.41) is 4.12. The smallest absolute Gasteiger partial charge is 0.235 e. The first-order valence-corrected chi connectivity index (χ1v) is 4.68. The highest BCUT2D eigenvalue weighted by atomic mass is 16.1. The van der Waals surface area contributed by atoms with E-state index in [4.69, 9.17) is 0 Å². The summed E-state index contributed by atoms with van der Waals surface area (Å²) in [5.74, 6) is 0.788. The van der Waals surface area contributed by atoms with Gasteiger partial charge in [0.15, 0.2) is 5.82 Å². The SMILES string of the molecule is CC(C)n1ncnc1C1(N=C=O)CC1. The minimum atomic E-state index is -0.414. The highest BCUT2D eigenvalue weighted by Crippen LogP contribution is 2.48. The molecule has 1 aromatic rings. The first kappa shape index (κ1) is 9.09. The summed E-state index contributed by atoms with van der Waals surface area (Å²) in [4.78, 5) is 18.3. The van der Waals surface area contributed by atoms with E-state index in [9.17, 15) is 4.79 Å². The molecule has 1 heterocycles. The number of rotatable bonds is 3. The number of nitrogens with zero attached hydrogens (tertiary/aromatic N) is 4. The van der Waals surface area contributed by atoms with Crippen molar-refractivity contribution >= 4 is 6.08 Å². The van der Waals surface area contributed by atoms with Crippen molar-refractivity contribution in [1.82, 2.24) is 14.8 Å². The summed E-state index contributed by atoms with van der Waals surface area (Å²) in [6.45, 7) is 4.05. The molecule has 0 aliphatic heterocycles. The maximum absolute atomic E-state index is 10.3. The fourth-order valence-electron chi connectivity index (χ4n) is 1.55. The molecular formula is C9H12N4O. The lowest BCUT2D eigenvalue weighted by Crippen LogP contribution is -2.15. The van der Waals surface area contributed by atoms with Gasteiger partial charge in [-0.05, 0) is 26.7 Å². The quantitative estimate of drug-likeness (QED) is 0.533. The number of aliphatic imine (C=N–C) groups is 1. The molecule has 2 rings (SSSR count). The Labute approximate surface area is 81.9 Å². The van der Waals surface area contributed by atoms with Crippen LogP contribution in [-0.4, -0.2) is 20.8 Å². The van der Waals surface area contributed by atoms with E-state index in [1.165, 1.54) is 6.33 Å². The number of isocyanates is 1. The normalized spacial score (nSPS) is 17.9. The van der Waals surface area contributed by atoms with Gasteiger partial charge >= 0.3 is 0 Å². The maximum Gasteiger partial charge on any atom is 0.235 e. The summed E-state index contributed by atoms with van der Waals surface area (Å²) < 4.78 is 1.81. The zero-order valence-electron chi connectivity index (χ0n) is 8.27. The number of hydrogen-bond acceptors (Lipinski definition) is 4. The molecule has 1 fully saturated rings. The van der Waals surface area contributed by atoms with Crippen LogP contribution in [0, 0.1) is 0 Å². The summed E-state index contributed by atoms with van der Waals surface area (Å²) >= 11 is 0. The third-order valence-corrected chi connectivity index (χ3v) is 2.46. The lowest BCUT2D eigenvalue weighted by Gasteiger charge is -2.12. The van der Waals surface area contributed by atoms with Crippen LogP contribution in [0.4, 0.5) is 0 Å². The van der Waals surface area contributed by atoms with E-state index in [-0.39, 0.29) is 6.04 Å². The Morgan fingerprint density at radius 2 is 2.36 bits per heavy atom.